The van der Waals surface area contributed by atoms with Crippen LogP contribution in [0.15, 0.2) is 54.9 Å². The van der Waals surface area contributed by atoms with Gasteiger partial charge in [-0.2, -0.15) is 0 Å². The van der Waals surface area contributed by atoms with E-state index in [2.05, 4.69) is 39.5 Å². The summed E-state index contributed by atoms with van der Waals surface area (Å²) in [5.41, 5.74) is 4.28. The Morgan fingerprint density at radius 3 is 2.70 bits per heavy atom. The molecule has 7 nitrogen and oxygen atoms in total. The van der Waals surface area contributed by atoms with Gasteiger partial charge in [0.25, 0.3) is 0 Å². The number of fused-ring (bicyclic) bond motifs is 1. The molecule has 4 heterocycles. The number of rotatable bonds is 5. The highest BCUT2D eigenvalue weighted by Gasteiger charge is 2.26. The van der Waals surface area contributed by atoms with Crippen LogP contribution in [-0.2, 0) is 11.3 Å². The lowest BCUT2D eigenvalue weighted by Crippen LogP contribution is -2.46. The van der Waals surface area contributed by atoms with Gasteiger partial charge in [-0.3, -0.25) is 14.7 Å². The maximum Gasteiger partial charge on any atom is 0.414 e. The highest BCUT2D eigenvalue weighted by atomic mass is 16.6. The Morgan fingerprint density at radius 1 is 1.07 bits per heavy atom. The molecule has 7 heteroatoms. The number of ether oxygens (including phenoxy) is 1. The molecule has 0 saturated carbocycles. The third-order valence-electron chi connectivity index (χ3n) is 6.18. The number of benzene rings is 1. The summed E-state index contributed by atoms with van der Waals surface area (Å²) in [7, 11) is 0. The summed E-state index contributed by atoms with van der Waals surface area (Å²) >= 11 is 0. The van der Waals surface area contributed by atoms with Gasteiger partial charge in [-0.1, -0.05) is 18.2 Å². The number of imidazole rings is 1. The van der Waals surface area contributed by atoms with Crippen molar-refractivity contribution in [3.05, 3.63) is 66.1 Å². The Bertz CT molecular complexity index is 1010. The fourth-order valence-electron chi connectivity index (χ4n) is 4.39. The average molecular weight is 406 g/mol. The summed E-state index contributed by atoms with van der Waals surface area (Å²) in [5.74, 6) is 0. The molecule has 0 bridgehead atoms. The molecule has 3 aromatic rings. The maximum atomic E-state index is 11.9. The number of cyclic esters (lactones) is 1. The molecule has 2 aliphatic heterocycles. The first-order chi connectivity index (χ1) is 14.7. The van der Waals surface area contributed by atoms with Crippen LogP contribution in [0, 0.1) is 0 Å². The quantitative estimate of drug-likeness (QED) is 0.653. The zero-order valence-corrected chi connectivity index (χ0v) is 17.3. The Kier molecular flexibility index (Phi) is 5.14. The third-order valence-corrected chi connectivity index (χ3v) is 6.18. The molecule has 2 aliphatic rings. The van der Waals surface area contributed by atoms with Crippen molar-refractivity contribution in [1.82, 2.24) is 19.2 Å². The Morgan fingerprint density at radius 2 is 1.93 bits per heavy atom. The average Bonchev–Trinajstić information content (AvgIpc) is 3.39. The molecular weight excluding hydrogens is 378 g/mol. The molecule has 0 spiro atoms. The van der Waals surface area contributed by atoms with Crippen LogP contribution in [0.3, 0.4) is 0 Å². The SMILES string of the molecule is C[C@@H](c1cccc(N2CCOC2=O)c1)N1CCN(Cc2cn3ccccc3n2)CC1. The van der Waals surface area contributed by atoms with Gasteiger partial charge in [0.2, 0.25) is 0 Å². The minimum absolute atomic E-state index is 0.250. The van der Waals surface area contributed by atoms with Crippen molar-refractivity contribution < 1.29 is 9.53 Å². The van der Waals surface area contributed by atoms with E-state index >= 15 is 0 Å². The van der Waals surface area contributed by atoms with E-state index in [0.29, 0.717) is 19.2 Å². The highest BCUT2D eigenvalue weighted by molar-refractivity contribution is 5.89. The monoisotopic (exact) mass is 405 g/mol. The lowest BCUT2D eigenvalue weighted by atomic mass is 10.0. The molecule has 1 amide bonds. The van der Waals surface area contributed by atoms with Gasteiger partial charge >= 0.3 is 6.09 Å². The van der Waals surface area contributed by atoms with Crippen LogP contribution in [0.4, 0.5) is 10.5 Å². The van der Waals surface area contributed by atoms with Gasteiger partial charge in [0.15, 0.2) is 0 Å². The summed E-state index contributed by atoms with van der Waals surface area (Å²) in [5, 5.41) is 0. The van der Waals surface area contributed by atoms with Crippen LogP contribution in [0.1, 0.15) is 24.2 Å². The van der Waals surface area contributed by atoms with Crippen LogP contribution in [-0.4, -0.2) is 64.6 Å². The topological polar surface area (TPSA) is 53.3 Å². The molecule has 2 fully saturated rings. The molecule has 5 rings (SSSR count). The predicted molar refractivity (Wildman–Crippen MR) is 116 cm³/mol. The van der Waals surface area contributed by atoms with Crippen molar-refractivity contribution >= 4 is 17.4 Å². The first kappa shape index (κ1) is 19.1. The third kappa shape index (κ3) is 3.78. The second-order valence-electron chi connectivity index (χ2n) is 8.05. The molecule has 0 unspecified atom stereocenters. The van der Waals surface area contributed by atoms with E-state index in [4.69, 9.17) is 9.72 Å². The molecule has 0 radical (unpaired) electrons. The number of hydrogen-bond donors (Lipinski definition) is 0. The van der Waals surface area contributed by atoms with Crippen molar-refractivity contribution in [3.63, 3.8) is 0 Å². The fraction of sp³-hybridized carbons (Fsp3) is 0.391. The summed E-state index contributed by atoms with van der Waals surface area (Å²) in [6.07, 6.45) is 3.92. The second kappa shape index (κ2) is 8.08. The number of anilines is 1. The molecule has 2 saturated heterocycles. The Hall–Kier alpha value is -2.90. The molecule has 0 aliphatic carbocycles. The summed E-state index contributed by atoms with van der Waals surface area (Å²) in [6.45, 7) is 8.31. The first-order valence-electron chi connectivity index (χ1n) is 10.6. The number of carbonyl (C=O) groups excluding carboxylic acids is 1. The van der Waals surface area contributed by atoms with E-state index in [1.54, 1.807) is 4.90 Å². The van der Waals surface area contributed by atoms with Gasteiger partial charge in [-0.25, -0.2) is 9.78 Å². The van der Waals surface area contributed by atoms with Crippen molar-refractivity contribution in [1.29, 1.82) is 0 Å². The zero-order chi connectivity index (χ0) is 20.5. The van der Waals surface area contributed by atoms with Crippen molar-refractivity contribution in [3.8, 4) is 0 Å². The minimum Gasteiger partial charge on any atom is -0.447 e. The number of pyridine rings is 1. The van der Waals surface area contributed by atoms with Crippen LogP contribution in [0.5, 0.6) is 0 Å². The number of amides is 1. The van der Waals surface area contributed by atoms with Gasteiger partial charge in [-0.05, 0) is 36.8 Å². The Balaban J connectivity index is 1.20. The Labute approximate surface area is 176 Å². The van der Waals surface area contributed by atoms with Gasteiger partial charge in [0.1, 0.15) is 12.3 Å². The van der Waals surface area contributed by atoms with E-state index in [-0.39, 0.29) is 6.09 Å². The standard InChI is InChI=1S/C23H27N5O2/c1-18(19-5-4-6-21(15-19)28-13-14-30-23(28)29)26-11-9-25(10-12-26)16-20-17-27-8-3-2-7-22(27)24-20/h2-8,15,17-18H,9-14,16H2,1H3/t18-/m0/s1. The predicted octanol–water partition coefficient (Wildman–Crippen LogP) is 3.17. The van der Waals surface area contributed by atoms with Gasteiger partial charge in [0, 0.05) is 56.8 Å². The van der Waals surface area contributed by atoms with Gasteiger partial charge < -0.3 is 9.14 Å². The zero-order valence-electron chi connectivity index (χ0n) is 17.3. The van der Waals surface area contributed by atoms with E-state index in [0.717, 1.165) is 49.8 Å². The molecule has 2 aromatic heterocycles. The summed E-state index contributed by atoms with van der Waals surface area (Å²) in [4.78, 5) is 23.3. The van der Waals surface area contributed by atoms with Crippen LogP contribution in [0.2, 0.25) is 0 Å². The number of hydrogen-bond acceptors (Lipinski definition) is 5. The van der Waals surface area contributed by atoms with Gasteiger partial charge in [-0.15, -0.1) is 0 Å². The normalized spacial score (nSPS) is 19.4. The molecule has 1 aromatic carbocycles. The number of nitrogens with zero attached hydrogens (tertiary/aromatic N) is 5. The van der Waals surface area contributed by atoms with Crippen LogP contribution in [0.25, 0.3) is 5.65 Å². The van der Waals surface area contributed by atoms with Crippen LogP contribution < -0.4 is 4.90 Å². The fourth-order valence-corrected chi connectivity index (χ4v) is 4.39. The lowest BCUT2D eigenvalue weighted by molar-refractivity contribution is 0.0972. The second-order valence-corrected chi connectivity index (χ2v) is 8.05. The van der Waals surface area contributed by atoms with E-state index in [9.17, 15) is 4.79 Å². The largest absolute Gasteiger partial charge is 0.447 e. The molecular formula is C23H27N5O2. The molecule has 30 heavy (non-hydrogen) atoms. The summed E-state index contributed by atoms with van der Waals surface area (Å²) < 4.78 is 7.16. The molecule has 1 atom stereocenters. The first-order valence-corrected chi connectivity index (χ1v) is 10.6. The van der Waals surface area contributed by atoms with Crippen LogP contribution >= 0.6 is 0 Å². The number of carbonyl (C=O) groups is 1. The molecule has 0 N–H and O–H groups in total. The number of aromatic nitrogens is 2. The van der Waals surface area contributed by atoms with E-state index < -0.39 is 0 Å². The van der Waals surface area contributed by atoms with E-state index in [1.807, 2.05) is 36.5 Å². The smallest absolute Gasteiger partial charge is 0.414 e. The molecule has 156 valence electrons. The highest BCUT2D eigenvalue weighted by Crippen LogP contribution is 2.27. The van der Waals surface area contributed by atoms with Gasteiger partial charge in [0.05, 0.1) is 12.2 Å². The minimum atomic E-state index is -0.250. The maximum absolute atomic E-state index is 11.9. The van der Waals surface area contributed by atoms with E-state index in [1.165, 1.54) is 5.56 Å². The lowest BCUT2D eigenvalue weighted by Gasteiger charge is -2.38. The van der Waals surface area contributed by atoms with Crippen molar-refractivity contribution in [2.75, 3.05) is 44.2 Å². The number of piperazine rings is 1. The summed E-state index contributed by atoms with van der Waals surface area (Å²) in [6, 6.07) is 14.7. The van der Waals surface area contributed by atoms with Crippen molar-refractivity contribution in [2.45, 2.75) is 19.5 Å². The van der Waals surface area contributed by atoms with Crippen molar-refractivity contribution in [2.24, 2.45) is 0 Å².